The lowest BCUT2D eigenvalue weighted by Gasteiger charge is -2.26. The summed E-state index contributed by atoms with van der Waals surface area (Å²) in [4.78, 5) is 13.7. The molecule has 0 aromatic heterocycles. The number of nitrogens with zero attached hydrogens (tertiary/aromatic N) is 1. The number of benzene rings is 1. The van der Waals surface area contributed by atoms with Gasteiger partial charge in [0.25, 0.3) is 0 Å². The summed E-state index contributed by atoms with van der Waals surface area (Å²) < 4.78 is 5.39. The third-order valence-corrected chi connectivity index (χ3v) is 3.25. The number of carbonyl (C=O) groups is 1. The Hall–Kier alpha value is -1.55. The SMILES string of the molecule is CCN(CCNCCCc1ccccc1)C(=O)OC(C)(C)C. The summed E-state index contributed by atoms with van der Waals surface area (Å²) in [6.07, 6.45) is 1.95. The molecule has 124 valence electrons. The van der Waals surface area contributed by atoms with Gasteiger partial charge < -0.3 is 15.0 Å². The first-order valence-electron chi connectivity index (χ1n) is 8.15. The Morgan fingerprint density at radius 2 is 1.86 bits per heavy atom. The van der Waals surface area contributed by atoms with Gasteiger partial charge in [-0.25, -0.2) is 4.79 Å². The minimum Gasteiger partial charge on any atom is -0.444 e. The van der Waals surface area contributed by atoms with E-state index in [0.29, 0.717) is 13.1 Å². The maximum absolute atomic E-state index is 12.0. The highest BCUT2D eigenvalue weighted by molar-refractivity contribution is 5.68. The van der Waals surface area contributed by atoms with Crippen LogP contribution in [0.3, 0.4) is 0 Å². The zero-order chi connectivity index (χ0) is 16.4. The number of ether oxygens (including phenoxy) is 1. The summed E-state index contributed by atoms with van der Waals surface area (Å²) in [6, 6.07) is 10.5. The molecule has 0 bridgehead atoms. The average Bonchev–Trinajstić information content (AvgIpc) is 2.45. The van der Waals surface area contributed by atoms with Gasteiger partial charge in [-0.15, -0.1) is 0 Å². The molecule has 0 spiro atoms. The molecule has 4 nitrogen and oxygen atoms in total. The van der Waals surface area contributed by atoms with Gasteiger partial charge in [0, 0.05) is 19.6 Å². The van der Waals surface area contributed by atoms with Gasteiger partial charge >= 0.3 is 6.09 Å². The maximum Gasteiger partial charge on any atom is 0.410 e. The molecule has 1 amide bonds. The van der Waals surface area contributed by atoms with Crippen LogP contribution in [-0.2, 0) is 11.2 Å². The molecule has 1 aromatic rings. The topological polar surface area (TPSA) is 41.6 Å². The number of hydrogen-bond donors (Lipinski definition) is 1. The molecule has 0 heterocycles. The largest absolute Gasteiger partial charge is 0.444 e. The number of hydrogen-bond acceptors (Lipinski definition) is 3. The van der Waals surface area contributed by atoms with Gasteiger partial charge in [-0.3, -0.25) is 0 Å². The van der Waals surface area contributed by atoms with E-state index in [-0.39, 0.29) is 6.09 Å². The lowest BCUT2D eigenvalue weighted by Crippen LogP contribution is -2.40. The predicted octanol–water partition coefficient (Wildman–Crippen LogP) is 3.47. The van der Waals surface area contributed by atoms with Crippen LogP contribution < -0.4 is 5.32 Å². The van der Waals surface area contributed by atoms with Crippen molar-refractivity contribution >= 4 is 6.09 Å². The normalized spacial score (nSPS) is 11.3. The second-order valence-corrected chi connectivity index (χ2v) is 6.40. The Labute approximate surface area is 134 Å². The molecule has 0 saturated carbocycles. The minimum absolute atomic E-state index is 0.235. The van der Waals surface area contributed by atoms with Crippen molar-refractivity contribution in [2.75, 3.05) is 26.2 Å². The van der Waals surface area contributed by atoms with E-state index in [0.717, 1.165) is 25.9 Å². The maximum atomic E-state index is 12.0. The molecular weight excluding hydrogens is 276 g/mol. The number of amides is 1. The molecule has 0 saturated heterocycles. The lowest BCUT2D eigenvalue weighted by atomic mass is 10.1. The summed E-state index contributed by atoms with van der Waals surface area (Å²) in [6.45, 7) is 10.7. The highest BCUT2D eigenvalue weighted by atomic mass is 16.6. The fraction of sp³-hybridized carbons (Fsp3) is 0.611. The van der Waals surface area contributed by atoms with Gasteiger partial charge in [0.15, 0.2) is 0 Å². The van der Waals surface area contributed by atoms with Crippen molar-refractivity contribution in [2.45, 2.75) is 46.1 Å². The van der Waals surface area contributed by atoms with E-state index in [1.54, 1.807) is 4.90 Å². The van der Waals surface area contributed by atoms with Crippen molar-refractivity contribution in [3.05, 3.63) is 35.9 Å². The standard InChI is InChI=1S/C18H30N2O2/c1-5-20(17(21)22-18(2,3)4)15-14-19-13-9-12-16-10-7-6-8-11-16/h6-8,10-11,19H,5,9,12-15H2,1-4H3. The average molecular weight is 306 g/mol. The second kappa shape index (κ2) is 9.46. The van der Waals surface area contributed by atoms with Crippen molar-refractivity contribution in [1.82, 2.24) is 10.2 Å². The molecule has 0 radical (unpaired) electrons. The van der Waals surface area contributed by atoms with Crippen molar-refractivity contribution < 1.29 is 9.53 Å². The van der Waals surface area contributed by atoms with Gasteiger partial charge in [-0.2, -0.15) is 0 Å². The Kier molecular flexibility index (Phi) is 7.96. The molecule has 1 rings (SSSR count). The summed E-state index contributed by atoms with van der Waals surface area (Å²) in [5, 5.41) is 3.39. The minimum atomic E-state index is -0.437. The molecule has 1 N–H and O–H groups in total. The molecule has 4 heteroatoms. The van der Waals surface area contributed by atoms with E-state index in [1.807, 2.05) is 33.8 Å². The number of carbonyl (C=O) groups excluding carboxylic acids is 1. The van der Waals surface area contributed by atoms with E-state index in [9.17, 15) is 4.79 Å². The van der Waals surface area contributed by atoms with Gasteiger partial charge in [-0.05, 0) is 52.6 Å². The highest BCUT2D eigenvalue weighted by Crippen LogP contribution is 2.09. The van der Waals surface area contributed by atoms with E-state index < -0.39 is 5.60 Å². The monoisotopic (exact) mass is 306 g/mol. The third-order valence-electron chi connectivity index (χ3n) is 3.25. The van der Waals surface area contributed by atoms with Gasteiger partial charge in [0.2, 0.25) is 0 Å². The van der Waals surface area contributed by atoms with Gasteiger partial charge in [-0.1, -0.05) is 30.3 Å². The molecular formula is C18H30N2O2. The molecule has 0 fully saturated rings. The van der Waals surface area contributed by atoms with E-state index in [4.69, 9.17) is 4.74 Å². The van der Waals surface area contributed by atoms with Crippen LogP contribution in [0.25, 0.3) is 0 Å². The third kappa shape index (κ3) is 8.03. The number of likely N-dealkylation sites (N-methyl/N-ethyl adjacent to an activating group) is 1. The predicted molar refractivity (Wildman–Crippen MR) is 91.1 cm³/mol. The van der Waals surface area contributed by atoms with E-state index in [2.05, 4.69) is 29.6 Å². The number of rotatable bonds is 8. The van der Waals surface area contributed by atoms with Crippen molar-refractivity contribution in [3.8, 4) is 0 Å². The fourth-order valence-electron chi connectivity index (χ4n) is 2.11. The summed E-state index contributed by atoms with van der Waals surface area (Å²) in [5.74, 6) is 0. The Morgan fingerprint density at radius 1 is 1.18 bits per heavy atom. The molecule has 0 aliphatic rings. The summed E-state index contributed by atoms with van der Waals surface area (Å²) >= 11 is 0. The molecule has 1 aromatic carbocycles. The second-order valence-electron chi connectivity index (χ2n) is 6.40. The number of nitrogens with one attached hydrogen (secondary N) is 1. The number of aryl methyl sites for hydroxylation is 1. The van der Waals surface area contributed by atoms with Crippen LogP contribution in [0.2, 0.25) is 0 Å². The molecule has 0 unspecified atom stereocenters. The van der Waals surface area contributed by atoms with Gasteiger partial charge in [0.05, 0.1) is 0 Å². The fourth-order valence-corrected chi connectivity index (χ4v) is 2.11. The molecule has 22 heavy (non-hydrogen) atoms. The quantitative estimate of drug-likeness (QED) is 0.748. The molecule has 0 atom stereocenters. The zero-order valence-electron chi connectivity index (χ0n) is 14.4. The summed E-state index contributed by atoms with van der Waals surface area (Å²) in [5.41, 5.74) is 0.932. The molecule has 0 aliphatic heterocycles. The van der Waals surface area contributed by atoms with Crippen molar-refractivity contribution in [1.29, 1.82) is 0 Å². The zero-order valence-corrected chi connectivity index (χ0v) is 14.4. The molecule has 0 aliphatic carbocycles. The van der Waals surface area contributed by atoms with Crippen molar-refractivity contribution in [3.63, 3.8) is 0 Å². The van der Waals surface area contributed by atoms with E-state index >= 15 is 0 Å². The first-order valence-corrected chi connectivity index (χ1v) is 8.15. The van der Waals surface area contributed by atoms with Gasteiger partial charge in [0.1, 0.15) is 5.60 Å². The lowest BCUT2D eigenvalue weighted by molar-refractivity contribution is 0.0262. The van der Waals surface area contributed by atoms with Crippen LogP contribution in [0.5, 0.6) is 0 Å². The van der Waals surface area contributed by atoms with Crippen LogP contribution in [0.15, 0.2) is 30.3 Å². The van der Waals surface area contributed by atoms with Crippen LogP contribution in [0.1, 0.15) is 39.7 Å². The van der Waals surface area contributed by atoms with Crippen LogP contribution in [-0.4, -0.2) is 42.8 Å². The van der Waals surface area contributed by atoms with Crippen molar-refractivity contribution in [2.24, 2.45) is 0 Å². The Morgan fingerprint density at radius 3 is 2.45 bits per heavy atom. The van der Waals surface area contributed by atoms with Crippen LogP contribution in [0.4, 0.5) is 4.79 Å². The first kappa shape index (κ1) is 18.5. The summed E-state index contributed by atoms with van der Waals surface area (Å²) in [7, 11) is 0. The van der Waals surface area contributed by atoms with E-state index in [1.165, 1.54) is 5.56 Å². The van der Waals surface area contributed by atoms with Crippen LogP contribution >= 0.6 is 0 Å². The highest BCUT2D eigenvalue weighted by Gasteiger charge is 2.20. The first-order chi connectivity index (χ1) is 10.4. The Balaban J connectivity index is 2.15. The van der Waals surface area contributed by atoms with Crippen LogP contribution in [0, 0.1) is 0 Å². The smallest absolute Gasteiger partial charge is 0.410 e. The Bertz CT molecular complexity index is 426.